The first-order valence-electron chi connectivity index (χ1n) is 6.77. The molecule has 1 aromatic carbocycles. The van der Waals surface area contributed by atoms with Crippen molar-refractivity contribution in [3.63, 3.8) is 0 Å². The Morgan fingerprint density at radius 1 is 1.06 bits per heavy atom. The lowest BCUT2D eigenvalue weighted by atomic mass is 9.75. The van der Waals surface area contributed by atoms with Crippen LogP contribution in [0.1, 0.15) is 24.8 Å². The molecule has 2 atom stereocenters. The van der Waals surface area contributed by atoms with Crippen LogP contribution in [0.25, 0.3) is 0 Å². The predicted molar refractivity (Wildman–Crippen MR) is 68.6 cm³/mol. The lowest BCUT2D eigenvalue weighted by molar-refractivity contribution is -0.0517. The summed E-state index contributed by atoms with van der Waals surface area (Å²) < 4.78 is 0. The molecule has 1 N–H and O–H groups in total. The number of aliphatic hydroxyl groups is 1. The van der Waals surface area contributed by atoms with Crippen molar-refractivity contribution in [1.82, 2.24) is 4.90 Å². The highest BCUT2D eigenvalue weighted by Gasteiger charge is 2.37. The van der Waals surface area contributed by atoms with Gasteiger partial charge in [0.05, 0.1) is 6.10 Å². The minimum atomic E-state index is -0.0317. The molecule has 0 unspecified atom stereocenters. The highest BCUT2D eigenvalue weighted by Crippen LogP contribution is 2.35. The second-order valence-electron chi connectivity index (χ2n) is 5.62. The Labute approximate surface area is 103 Å². The lowest BCUT2D eigenvalue weighted by Gasteiger charge is -2.45. The van der Waals surface area contributed by atoms with E-state index in [9.17, 15) is 5.11 Å². The van der Waals surface area contributed by atoms with Crippen LogP contribution in [0.2, 0.25) is 0 Å². The minimum Gasteiger partial charge on any atom is -0.392 e. The van der Waals surface area contributed by atoms with Gasteiger partial charge in [-0.1, -0.05) is 36.8 Å². The van der Waals surface area contributed by atoms with Crippen molar-refractivity contribution >= 4 is 0 Å². The van der Waals surface area contributed by atoms with Crippen LogP contribution in [0.15, 0.2) is 30.3 Å². The van der Waals surface area contributed by atoms with E-state index in [0.717, 1.165) is 19.6 Å². The summed E-state index contributed by atoms with van der Waals surface area (Å²) in [5.41, 5.74) is 1.39. The van der Waals surface area contributed by atoms with Gasteiger partial charge in [0.15, 0.2) is 0 Å². The molecule has 2 nitrogen and oxygen atoms in total. The summed E-state index contributed by atoms with van der Waals surface area (Å²) in [7, 11) is 0. The van der Waals surface area contributed by atoms with Crippen LogP contribution in [0.5, 0.6) is 0 Å². The molecule has 1 aliphatic heterocycles. The van der Waals surface area contributed by atoms with Gasteiger partial charge in [-0.15, -0.1) is 0 Å². The number of hydrogen-bond donors (Lipinski definition) is 1. The zero-order valence-corrected chi connectivity index (χ0v) is 10.3. The van der Waals surface area contributed by atoms with Gasteiger partial charge in [0, 0.05) is 19.6 Å². The third-order valence-electron chi connectivity index (χ3n) is 4.35. The highest BCUT2D eigenvalue weighted by molar-refractivity contribution is 5.14. The van der Waals surface area contributed by atoms with E-state index in [4.69, 9.17) is 0 Å². The second kappa shape index (κ2) is 4.79. The van der Waals surface area contributed by atoms with Crippen LogP contribution in [0.3, 0.4) is 0 Å². The number of hydrogen-bond acceptors (Lipinski definition) is 2. The molecule has 0 amide bonds. The summed E-state index contributed by atoms with van der Waals surface area (Å²) >= 11 is 0. The van der Waals surface area contributed by atoms with Crippen LogP contribution in [0, 0.1) is 11.8 Å². The van der Waals surface area contributed by atoms with Gasteiger partial charge >= 0.3 is 0 Å². The molecule has 2 heteroatoms. The molecule has 17 heavy (non-hydrogen) atoms. The van der Waals surface area contributed by atoms with E-state index < -0.39 is 0 Å². The van der Waals surface area contributed by atoms with Gasteiger partial charge in [0.2, 0.25) is 0 Å². The summed E-state index contributed by atoms with van der Waals surface area (Å²) in [6.45, 7) is 3.19. The van der Waals surface area contributed by atoms with E-state index in [0.29, 0.717) is 11.8 Å². The van der Waals surface area contributed by atoms with Crippen LogP contribution in [0.4, 0.5) is 0 Å². The van der Waals surface area contributed by atoms with Gasteiger partial charge in [0.1, 0.15) is 0 Å². The SMILES string of the molecule is OC1[C@H]2CCC[C@H]1CN(Cc1ccccc1)C2. The van der Waals surface area contributed by atoms with Crippen molar-refractivity contribution in [1.29, 1.82) is 0 Å². The van der Waals surface area contributed by atoms with Gasteiger partial charge in [-0.25, -0.2) is 0 Å². The molecule has 2 aliphatic rings. The molecule has 0 aromatic heterocycles. The van der Waals surface area contributed by atoms with Crippen LogP contribution >= 0.6 is 0 Å². The van der Waals surface area contributed by atoms with E-state index in [1.165, 1.54) is 24.8 Å². The molecule has 2 bridgehead atoms. The Bertz CT molecular complexity index is 350. The number of benzene rings is 1. The smallest absolute Gasteiger partial charge is 0.0620 e. The first-order valence-corrected chi connectivity index (χ1v) is 6.77. The van der Waals surface area contributed by atoms with Crippen molar-refractivity contribution in [2.75, 3.05) is 13.1 Å². The number of nitrogens with zero attached hydrogens (tertiary/aromatic N) is 1. The third-order valence-corrected chi connectivity index (χ3v) is 4.35. The molecule has 0 spiro atoms. The standard InChI is InChI=1S/C15H21NO/c17-15-13-7-4-8-14(15)11-16(10-13)9-12-5-2-1-3-6-12/h1-3,5-6,13-15,17H,4,7-11H2/t13-,14-/m0/s1. The van der Waals surface area contributed by atoms with E-state index in [1.54, 1.807) is 0 Å². The summed E-state index contributed by atoms with van der Waals surface area (Å²) in [4.78, 5) is 2.52. The van der Waals surface area contributed by atoms with Gasteiger partial charge in [0.25, 0.3) is 0 Å². The van der Waals surface area contributed by atoms with Crippen molar-refractivity contribution in [3.05, 3.63) is 35.9 Å². The van der Waals surface area contributed by atoms with E-state index in [2.05, 4.69) is 35.2 Å². The summed E-state index contributed by atoms with van der Waals surface area (Å²) in [5, 5.41) is 10.1. The Kier molecular flexibility index (Phi) is 3.17. The van der Waals surface area contributed by atoms with Gasteiger partial charge < -0.3 is 5.11 Å². The molecule has 1 aromatic rings. The van der Waals surface area contributed by atoms with E-state index >= 15 is 0 Å². The molecule has 1 saturated carbocycles. The molecule has 0 radical (unpaired) electrons. The zero-order chi connectivity index (χ0) is 11.7. The minimum absolute atomic E-state index is 0.0317. The Morgan fingerprint density at radius 3 is 2.35 bits per heavy atom. The highest BCUT2D eigenvalue weighted by atomic mass is 16.3. The topological polar surface area (TPSA) is 23.5 Å². The van der Waals surface area contributed by atoms with Crippen molar-refractivity contribution < 1.29 is 5.11 Å². The summed E-state index contributed by atoms with van der Waals surface area (Å²) in [5.74, 6) is 1.04. The molecule has 1 aliphatic carbocycles. The molecule has 1 saturated heterocycles. The Morgan fingerprint density at radius 2 is 1.71 bits per heavy atom. The van der Waals surface area contributed by atoms with Gasteiger partial charge in [-0.05, 0) is 30.2 Å². The van der Waals surface area contributed by atoms with Crippen LogP contribution in [-0.4, -0.2) is 29.2 Å². The average molecular weight is 231 g/mol. The lowest BCUT2D eigenvalue weighted by Crippen LogP contribution is -2.51. The number of aliphatic hydroxyl groups excluding tert-OH is 1. The molecule has 1 heterocycles. The number of fused-ring (bicyclic) bond motifs is 2. The first kappa shape index (κ1) is 11.2. The fraction of sp³-hybridized carbons (Fsp3) is 0.600. The number of piperidine rings is 1. The quantitative estimate of drug-likeness (QED) is 0.844. The van der Waals surface area contributed by atoms with E-state index in [-0.39, 0.29) is 6.10 Å². The first-order chi connectivity index (χ1) is 8.33. The van der Waals surface area contributed by atoms with Crippen molar-refractivity contribution in [3.8, 4) is 0 Å². The second-order valence-corrected chi connectivity index (χ2v) is 5.62. The molecular formula is C15H21NO. The third kappa shape index (κ3) is 2.38. The maximum atomic E-state index is 10.1. The zero-order valence-electron chi connectivity index (χ0n) is 10.3. The molecule has 3 rings (SSSR count). The maximum Gasteiger partial charge on any atom is 0.0620 e. The predicted octanol–water partition coefficient (Wildman–Crippen LogP) is 2.28. The molecule has 92 valence electrons. The van der Waals surface area contributed by atoms with Crippen molar-refractivity contribution in [2.45, 2.75) is 31.9 Å². The largest absolute Gasteiger partial charge is 0.392 e. The van der Waals surface area contributed by atoms with Crippen LogP contribution < -0.4 is 0 Å². The summed E-state index contributed by atoms with van der Waals surface area (Å²) in [6.07, 6.45) is 3.70. The normalized spacial score (nSPS) is 33.6. The fourth-order valence-electron chi connectivity index (χ4n) is 3.48. The van der Waals surface area contributed by atoms with E-state index in [1.807, 2.05) is 0 Å². The average Bonchev–Trinajstić information content (AvgIpc) is 2.32. The number of rotatable bonds is 2. The fourth-order valence-corrected chi connectivity index (χ4v) is 3.48. The van der Waals surface area contributed by atoms with Crippen LogP contribution in [-0.2, 0) is 6.54 Å². The Balaban J connectivity index is 1.66. The Hall–Kier alpha value is -0.860. The summed E-state index contributed by atoms with van der Waals surface area (Å²) in [6, 6.07) is 10.7. The maximum absolute atomic E-state index is 10.1. The monoisotopic (exact) mass is 231 g/mol. The van der Waals surface area contributed by atoms with Gasteiger partial charge in [-0.3, -0.25) is 4.90 Å². The van der Waals surface area contributed by atoms with Gasteiger partial charge in [-0.2, -0.15) is 0 Å². The molecular weight excluding hydrogens is 210 g/mol. The van der Waals surface area contributed by atoms with Crippen molar-refractivity contribution in [2.24, 2.45) is 11.8 Å². The molecule has 2 fully saturated rings. The number of likely N-dealkylation sites (tertiary alicyclic amines) is 1.